The van der Waals surface area contributed by atoms with Gasteiger partial charge in [0.25, 0.3) is 0 Å². The lowest BCUT2D eigenvalue weighted by atomic mass is 10.1. The summed E-state index contributed by atoms with van der Waals surface area (Å²) in [6, 6.07) is 28.7. The first-order valence-electron chi connectivity index (χ1n) is 14.3. The summed E-state index contributed by atoms with van der Waals surface area (Å²) in [6.45, 7) is 4.35. The number of hydrogen-bond donors (Lipinski definition) is 1. The summed E-state index contributed by atoms with van der Waals surface area (Å²) in [6.07, 6.45) is 0. The quantitative estimate of drug-likeness (QED) is 0.0989. The molecule has 0 aliphatic rings. The molecular formula is C34H28BrN5O3S3. The van der Waals surface area contributed by atoms with E-state index in [-0.39, 0.29) is 24.1 Å². The van der Waals surface area contributed by atoms with Crippen molar-refractivity contribution in [3.05, 3.63) is 118 Å². The molecule has 0 radical (unpaired) electrons. The van der Waals surface area contributed by atoms with Crippen LogP contribution in [0.2, 0.25) is 0 Å². The van der Waals surface area contributed by atoms with Crippen molar-refractivity contribution in [2.24, 2.45) is 0 Å². The molecule has 0 aliphatic heterocycles. The fourth-order valence-corrected chi connectivity index (χ4v) is 7.53. The molecular weight excluding hydrogens is 703 g/mol. The van der Waals surface area contributed by atoms with E-state index in [4.69, 9.17) is 4.74 Å². The minimum atomic E-state index is -0.167. The molecule has 0 saturated heterocycles. The molecule has 2 heterocycles. The minimum Gasteiger partial charge on any atom is -0.486 e. The summed E-state index contributed by atoms with van der Waals surface area (Å²) in [5.74, 6) is 1.72. The molecule has 12 heteroatoms. The average molecular weight is 731 g/mol. The summed E-state index contributed by atoms with van der Waals surface area (Å²) < 4.78 is 10.6. The van der Waals surface area contributed by atoms with Crippen LogP contribution in [0.5, 0.6) is 5.75 Å². The number of hydrogen-bond acceptors (Lipinski definition) is 9. The lowest BCUT2D eigenvalue weighted by Crippen LogP contribution is -2.14. The lowest BCUT2D eigenvalue weighted by molar-refractivity contribution is -0.113. The Morgan fingerprint density at radius 1 is 0.891 bits per heavy atom. The van der Waals surface area contributed by atoms with E-state index >= 15 is 0 Å². The molecule has 1 amide bonds. The van der Waals surface area contributed by atoms with Crippen molar-refractivity contribution in [1.82, 2.24) is 19.7 Å². The van der Waals surface area contributed by atoms with Crippen LogP contribution in [0.25, 0.3) is 15.9 Å². The van der Waals surface area contributed by atoms with Crippen LogP contribution in [-0.2, 0) is 11.4 Å². The number of amides is 1. The Balaban J connectivity index is 1.08. The number of benzene rings is 4. The number of fused-ring (bicyclic) bond motifs is 1. The fraction of sp³-hybridized carbons (Fsp3) is 0.147. The van der Waals surface area contributed by atoms with Gasteiger partial charge in [-0.2, -0.15) is 0 Å². The second kappa shape index (κ2) is 14.6. The molecule has 0 atom stereocenters. The summed E-state index contributed by atoms with van der Waals surface area (Å²) in [4.78, 5) is 30.2. The number of thioether (sulfide) groups is 2. The number of rotatable bonds is 12. The van der Waals surface area contributed by atoms with E-state index in [9.17, 15) is 9.59 Å². The molecule has 0 aliphatic carbocycles. The number of para-hydroxylation sites is 1. The number of carbonyl (C=O) groups excluding carboxylic acids is 2. The summed E-state index contributed by atoms with van der Waals surface area (Å²) >= 11 is 7.61. The van der Waals surface area contributed by atoms with E-state index in [0.717, 1.165) is 36.0 Å². The number of Topliss-reactive ketones (excluding diaryl/α,β-unsaturated/α-hetero) is 1. The molecule has 0 saturated carbocycles. The Labute approximate surface area is 287 Å². The third-order valence-electron chi connectivity index (χ3n) is 7.04. The van der Waals surface area contributed by atoms with Crippen molar-refractivity contribution in [3.8, 4) is 11.4 Å². The van der Waals surface area contributed by atoms with Gasteiger partial charge in [-0.05, 0) is 79.6 Å². The first-order valence-corrected chi connectivity index (χ1v) is 17.8. The number of ketones is 1. The highest BCUT2D eigenvalue weighted by molar-refractivity contribution is 9.10. The van der Waals surface area contributed by atoms with Gasteiger partial charge in [0.2, 0.25) is 5.91 Å². The highest BCUT2D eigenvalue weighted by atomic mass is 79.9. The molecule has 232 valence electrons. The van der Waals surface area contributed by atoms with E-state index < -0.39 is 0 Å². The topological polar surface area (TPSA) is 99.0 Å². The maximum atomic E-state index is 13.0. The van der Waals surface area contributed by atoms with E-state index in [0.29, 0.717) is 28.0 Å². The van der Waals surface area contributed by atoms with Gasteiger partial charge in [0.05, 0.1) is 21.7 Å². The number of thiazole rings is 1. The van der Waals surface area contributed by atoms with E-state index in [1.807, 2.05) is 95.6 Å². The van der Waals surface area contributed by atoms with Crippen molar-refractivity contribution in [2.75, 3.05) is 16.8 Å². The van der Waals surface area contributed by atoms with Gasteiger partial charge in [-0.25, -0.2) is 4.98 Å². The van der Waals surface area contributed by atoms with Crippen LogP contribution >= 0.6 is 50.8 Å². The van der Waals surface area contributed by atoms with Gasteiger partial charge in [-0.15, -0.1) is 21.5 Å². The number of carbonyl (C=O) groups is 2. The van der Waals surface area contributed by atoms with Crippen LogP contribution in [0.4, 0.5) is 5.69 Å². The van der Waals surface area contributed by atoms with Crippen LogP contribution in [0.15, 0.2) is 105 Å². The standard InChI is InChI=1S/C34H28BrN5O3S3/c1-21-8-14-27(16-22(21)2)43-18-31-38-39-33(40(31)26-6-4-3-5-7-26)44-20-32(42)36-25-13-15-28-30(17-25)46-34(37-28)45-19-29(41)23-9-11-24(35)12-10-23/h3-17H,18-20H2,1-2H3,(H,36,42). The number of nitrogens with one attached hydrogen (secondary N) is 1. The average Bonchev–Trinajstić information content (AvgIpc) is 3.67. The largest absolute Gasteiger partial charge is 0.486 e. The Kier molecular flexibility index (Phi) is 10.2. The molecule has 46 heavy (non-hydrogen) atoms. The van der Waals surface area contributed by atoms with Gasteiger partial charge in [0.15, 0.2) is 21.1 Å². The number of aromatic nitrogens is 4. The Hall–Kier alpha value is -3.97. The molecule has 0 unspecified atom stereocenters. The zero-order chi connectivity index (χ0) is 32.0. The molecule has 4 aromatic carbocycles. The van der Waals surface area contributed by atoms with Crippen molar-refractivity contribution in [2.45, 2.75) is 30.0 Å². The predicted octanol–water partition coefficient (Wildman–Crippen LogP) is 8.54. The van der Waals surface area contributed by atoms with E-state index in [1.54, 1.807) is 0 Å². The molecule has 0 bridgehead atoms. The smallest absolute Gasteiger partial charge is 0.234 e. The van der Waals surface area contributed by atoms with Crippen LogP contribution in [0, 0.1) is 13.8 Å². The zero-order valence-electron chi connectivity index (χ0n) is 24.9. The van der Waals surface area contributed by atoms with Gasteiger partial charge >= 0.3 is 0 Å². The van der Waals surface area contributed by atoms with Gasteiger partial charge in [-0.3, -0.25) is 14.2 Å². The number of halogens is 1. The van der Waals surface area contributed by atoms with Gasteiger partial charge < -0.3 is 10.1 Å². The molecule has 1 N–H and O–H groups in total. The first kappa shape index (κ1) is 32.0. The molecule has 0 fully saturated rings. The summed E-state index contributed by atoms with van der Waals surface area (Å²) in [5.41, 5.74) is 5.41. The third kappa shape index (κ3) is 7.87. The molecule has 8 nitrogen and oxygen atoms in total. The normalized spacial score (nSPS) is 11.1. The number of anilines is 1. The highest BCUT2D eigenvalue weighted by Crippen LogP contribution is 2.32. The van der Waals surface area contributed by atoms with Crippen molar-refractivity contribution in [1.29, 1.82) is 0 Å². The van der Waals surface area contributed by atoms with Crippen LogP contribution in [-0.4, -0.2) is 42.9 Å². The number of aryl methyl sites for hydroxylation is 2. The molecule has 6 rings (SSSR count). The van der Waals surface area contributed by atoms with Gasteiger partial charge in [0, 0.05) is 21.4 Å². The maximum absolute atomic E-state index is 13.0. The summed E-state index contributed by atoms with van der Waals surface area (Å²) in [5, 5.41) is 12.4. The minimum absolute atomic E-state index is 0.0475. The summed E-state index contributed by atoms with van der Waals surface area (Å²) in [7, 11) is 0. The highest BCUT2D eigenvalue weighted by Gasteiger charge is 2.17. The Morgan fingerprint density at radius 2 is 1.70 bits per heavy atom. The van der Waals surface area contributed by atoms with E-state index in [1.165, 1.54) is 40.4 Å². The predicted molar refractivity (Wildman–Crippen MR) is 190 cm³/mol. The van der Waals surface area contributed by atoms with Crippen LogP contribution < -0.4 is 10.1 Å². The van der Waals surface area contributed by atoms with Crippen LogP contribution in [0.3, 0.4) is 0 Å². The third-order valence-corrected chi connectivity index (χ3v) is 10.7. The monoisotopic (exact) mass is 729 g/mol. The molecule has 6 aromatic rings. The van der Waals surface area contributed by atoms with Crippen molar-refractivity contribution in [3.63, 3.8) is 0 Å². The van der Waals surface area contributed by atoms with Gasteiger partial charge in [-0.1, -0.05) is 75.9 Å². The molecule has 2 aromatic heterocycles. The zero-order valence-corrected chi connectivity index (χ0v) is 28.9. The maximum Gasteiger partial charge on any atom is 0.234 e. The van der Waals surface area contributed by atoms with E-state index in [2.05, 4.69) is 50.3 Å². The second-order valence-corrected chi connectivity index (χ2v) is 14.4. The SMILES string of the molecule is Cc1ccc(OCc2nnc(SCC(=O)Nc3ccc4nc(SCC(=O)c5ccc(Br)cc5)sc4c3)n2-c2ccccc2)cc1C. The second-order valence-electron chi connectivity index (χ2n) is 10.3. The van der Waals surface area contributed by atoms with Gasteiger partial charge in [0.1, 0.15) is 12.4 Å². The van der Waals surface area contributed by atoms with Crippen molar-refractivity contribution >= 4 is 78.4 Å². The Morgan fingerprint density at radius 3 is 2.48 bits per heavy atom. The van der Waals surface area contributed by atoms with Crippen molar-refractivity contribution < 1.29 is 14.3 Å². The fourth-order valence-electron chi connectivity index (χ4n) is 4.49. The number of nitrogens with zero attached hydrogens (tertiary/aromatic N) is 4. The Bertz CT molecular complexity index is 2010. The first-order chi connectivity index (χ1) is 22.3. The lowest BCUT2D eigenvalue weighted by Gasteiger charge is -2.12. The molecule has 0 spiro atoms. The number of ether oxygens (including phenoxy) is 1. The van der Waals surface area contributed by atoms with Crippen LogP contribution in [0.1, 0.15) is 27.3 Å².